The lowest BCUT2D eigenvalue weighted by Crippen LogP contribution is -2.27. The maximum absolute atomic E-state index is 12.5. The third kappa shape index (κ3) is 4.68. The summed E-state index contributed by atoms with van der Waals surface area (Å²) in [6, 6.07) is 13.7. The van der Waals surface area contributed by atoms with Crippen LogP contribution in [0.15, 0.2) is 62.4 Å². The summed E-state index contributed by atoms with van der Waals surface area (Å²) in [4.78, 5) is 4.52. The van der Waals surface area contributed by atoms with E-state index >= 15 is 0 Å². The summed E-state index contributed by atoms with van der Waals surface area (Å²) in [5.74, 6) is 0.626. The number of aromatic nitrogens is 2. The number of halogens is 1. The van der Waals surface area contributed by atoms with Crippen LogP contribution >= 0.6 is 15.9 Å². The molecule has 0 amide bonds. The van der Waals surface area contributed by atoms with Gasteiger partial charge in [-0.2, -0.15) is 9.71 Å². The molecule has 0 radical (unpaired) electrons. The molecule has 1 N–H and O–H groups in total. The van der Waals surface area contributed by atoms with Gasteiger partial charge in [-0.3, -0.25) is 0 Å². The van der Waals surface area contributed by atoms with Crippen molar-refractivity contribution in [1.82, 2.24) is 14.9 Å². The molecule has 0 fully saturated rings. The Morgan fingerprint density at radius 1 is 1.04 bits per heavy atom. The van der Waals surface area contributed by atoms with E-state index in [9.17, 15) is 8.42 Å². The van der Waals surface area contributed by atoms with Gasteiger partial charge in [0.25, 0.3) is 0 Å². The normalized spacial score (nSPS) is 13.5. The number of hydrogen-bond acceptors (Lipinski definition) is 5. The van der Waals surface area contributed by atoms with E-state index in [2.05, 4.69) is 51.6 Å². The molecule has 0 aliphatic carbocycles. The van der Waals surface area contributed by atoms with E-state index in [0.717, 1.165) is 10.0 Å². The summed E-state index contributed by atoms with van der Waals surface area (Å²) >= 11 is 3.29. The van der Waals surface area contributed by atoms with Crippen molar-refractivity contribution in [3.63, 3.8) is 0 Å². The van der Waals surface area contributed by atoms with Crippen LogP contribution in [0.5, 0.6) is 0 Å². The molecule has 2 aromatic carbocycles. The van der Waals surface area contributed by atoms with Gasteiger partial charge in [0.15, 0.2) is 0 Å². The molecule has 0 aliphatic heterocycles. The Hall–Kier alpha value is -2.03. The second-order valence-corrected chi connectivity index (χ2v) is 10.2. The van der Waals surface area contributed by atoms with E-state index in [1.54, 1.807) is 19.1 Å². The zero-order valence-electron chi connectivity index (χ0n) is 16.1. The highest BCUT2D eigenvalue weighted by molar-refractivity contribution is 9.10. The van der Waals surface area contributed by atoms with Crippen LogP contribution in [0.25, 0.3) is 11.4 Å². The molecule has 0 saturated carbocycles. The summed E-state index contributed by atoms with van der Waals surface area (Å²) < 4.78 is 33.7. The number of hydrogen-bond donors (Lipinski definition) is 1. The predicted octanol–water partition coefficient (Wildman–Crippen LogP) is 4.84. The van der Waals surface area contributed by atoms with Crippen molar-refractivity contribution in [3.8, 4) is 11.4 Å². The standard InChI is InChI=1S/C20H22BrN3O3S/c1-13(24-28(25,26)17-11-9-16(21)10-12-17)19-22-18(23-27-19)14-5-7-15(8-6-14)20(2,3)4/h5-13,24H,1-4H3/t13-/m1/s1. The molecule has 3 rings (SSSR count). The van der Waals surface area contributed by atoms with Gasteiger partial charge in [-0.25, -0.2) is 8.42 Å². The van der Waals surface area contributed by atoms with Crippen molar-refractivity contribution in [2.75, 3.05) is 0 Å². The minimum Gasteiger partial charge on any atom is -0.337 e. The van der Waals surface area contributed by atoms with Crippen LogP contribution in [0.1, 0.15) is 45.2 Å². The summed E-state index contributed by atoms with van der Waals surface area (Å²) in [6.07, 6.45) is 0. The molecule has 0 bridgehead atoms. The van der Waals surface area contributed by atoms with E-state index in [1.165, 1.54) is 17.7 Å². The first-order valence-corrected chi connectivity index (χ1v) is 11.1. The molecule has 6 nitrogen and oxygen atoms in total. The fraction of sp³-hybridized carbons (Fsp3) is 0.300. The topological polar surface area (TPSA) is 85.1 Å². The van der Waals surface area contributed by atoms with Crippen molar-refractivity contribution in [2.24, 2.45) is 0 Å². The van der Waals surface area contributed by atoms with Crippen molar-refractivity contribution in [2.45, 2.75) is 44.0 Å². The van der Waals surface area contributed by atoms with Crippen LogP contribution in [0, 0.1) is 0 Å². The Balaban J connectivity index is 1.77. The second-order valence-electron chi connectivity index (χ2n) is 7.58. The monoisotopic (exact) mass is 463 g/mol. The molecule has 1 heterocycles. The van der Waals surface area contributed by atoms with E-state index in [0.29, 0.717) is 5.82 Å². The average Bonchev–Trinajstić information content (AvgIpc) is 3.11. The van der Waals surface area contributed by atoms with Crippen molar-refractivity contribution in [3.05, 3.63) is 64.5 Å². The van der Waals surface area contributed by atoms with E-state index in [1.807, 2.05) is 24.3 Å². The number of rotatable bonds is 5. The smallest absolute Gasteiger partial charge is 0.244 e. The van der Waals surface area contributed by atoms with E-state index in [-0.39, 0.29) is 16.2 Å². The van der Waals surface area contributed by atoms with Crippen LogP contribution in [0.3, 0.4) is 0 Å². The van der Waals surface area contributed by atoms with Crippen LogP contribution in [0.4, 0.5) is 0 Å². The Bertz CT molecular complexity index is 1050. The Morgan fingerprint density at radius 3 is 2.21 bits per heavy atom. The first kappa shape index (κ1) is 20.7. The highest BCUT2D eigenvalue weighted by Crippen LogP contribution is 2.26. The van der Waals surface area contributed by atoms with Crippen LogP contribution < -0.4 is 4.72 Å². The molecule has 8 heteroatoms. The van der Waals surface area contributed by atoms with Gasteiger partial charge in [0.05, 0.1) is 10.9 Å². The Labute approximate surface area is 173 Å². The first-order chi connectivity index (χ1) is 13.1. The summed E-state index contributed by atoms with van der Waals surface area (Å²) in [5, 5.41) is 3.99. The van der Waals surface area contributed by atoms with Gasteiger partial charge >= 0.3 is 0 Å². The maximum Gasteiger partial charge on any atom is 0.244 e. The fourth-order valence-corrected chi connectivity index (χ4v) is 4.07. The molecular weight excluding hydrogens is 442 g/mol. The second kappa shape index (κ2) is 7.77. The molecule has 1 atom stereocenters. The molecule has 28 heavy (non-hydrogen) atoms. The lowest BCUT2D eigenvalue weighted by Gasteiger charge is -2.18. The van der Waals surface area contributed by atoms with E-state index < -0.39 is 16.1 Å². The third-order valence-corrected chi connectivity index (χ3v) is 6.36. The molecule has 3 aromatic rings. The molecule has 0 saturated heterocycles. The number of benzene rings is 2. The molecule has 1 aromatic heterocycles. The third-order valence-electron chi connectivity index (χ3n) is 4.28. The SMILES string of the molecule is C[C@@H](NS(=O)(=O)c1ccc(Br)cc1)c1nc(-c2ccc(C(C)(C)C)cc2)no1. The predicted molar refractivity (Wildman–Crippen MR) is 111 cm³/mol. The van der Waals surface area contributed by atoms with Gasteiger partial charge < -0.3 is 4.52 Å². The highest BCUT2D eigenvalue weighted by atomic mass is 79.9. The average molecular weight is 464 g/mol. The van der Waals surface area contributed by atoms with Gasteiger partial charge in [0.2, 0.25) is 21.7 Å². The lowest BCUT2D eigenvalue weighted by molar-refractivity contribution is 0.354. The fourth-order valence-electron chi connectivity index (χ4n) is 2.61. The molecule has 148 valence electrons. The lowest BCUT2D eigenvalue weighted by atomic mass is 9.87. The zero-order valence-corrected chi connectivity index (χ0v) is 18.5. The summed E-state index contributed by atoms with van der Waals surface area (Å²) in [7, 11) is -3.70. The van der Waals surface area contributed by atoms with Gasteiger partial charge in [-0.15, -0.1) is 0 Å². The largest absolute Gasteiger partial charge is 0.337 e. The van der Waals surface area contributed by atoms with Gasteiger partial charge in [-0.1, -0.05) is 66.1 Å². The number of nitrogens with zero attached hydrogens (tertiary/aromatic N) is 2. The molecular formula is C20H22BrN3O3S. The molecule has 0 spiro atoms. The quantitative estimate of drug-likeness (QED) is 0.584. The van der Waals surface area contributed by atoms with Crippen LogP contribution in [0.2, 0.25) is 0 Å². The van der Waals surface area contributed by atoms with E-state index in [4.69, 9.17) is 4.52 Å². The van der Waals surface area contributed by atoms with Gasteiger partial charge in [0.1, 0.15) is 0 Å². The molecule has 0 aliphatic rings. The molecule has 0 unspecified atom stereocenters. The summed E-state index contributed by atoms with van der Waals surface area (Å²) in [5.41, 5.74) is 2.07. The van der Waals surface area contributed by atoms with Crippen LogP contribution in [-0.2, 0) is 15.4 Å². The first-order valence-electron chi connectivity index (χ1n) is 8.79. The minimum absolute atomic E-state index is 0.0563. The van der Waals surface area contributed by atoms with Crippen molar-refractivity contribution < 1.29 is 12.9 Å². The minimum atomic E-state index is -3.70. The van der Waals surface area contributed by atoms with Gasteiger partial charge in [0, 0.05) is 10.0 Å². The van der Waals surface area contributed by atoms with Crippen molar-refractivity contribution >= 4 is 26.0 Å². The maximum atomic E-state index is 12.5. The van der Waals surface area contributed by atoms with Crippen LogP contribution in [-0.4, -0.2) is 18.6 Å². The number of sulfonamides is 1. The Kier molecular flexibility index (Phi) is 5.74. The Morgan fingerprint density at radius 2 is 1.64 bits per heavy atom. The highest BCUT2D eigenvalue weighted by Gasteiger charge is 2.23. The van der Waals surface area contributed by atoms with Gasteiger partial charge in [-0.05, 0) is 42.2 Å². The number of nitrogens with one attached hydrogen (secondary N) is 1. The van der Waals surface area contributed by atoms with Crippen molar-refractivity contribution in [1.29, 1.82) is 0 Å². The summed E-state index contributed by atoms with van der Waals surface area (Å²) in [6.45, 7) is 8.10. The zero-order chi connectivity index (χ0) is 20.5.